The molecule has 2 unspecified atom stereocenters. The molecular weight excluding hydrogens is 254 g/mol. The fourth-order valence-corrected chi connectivity index (χ4v) is 3.90. The van der Waals surface area contributed by atoms with Crippen LogP contribution < -0.4 is 4.72 Å². The van der Waals surface area contributed by atoms with E-state index >= 15 is 0 Å². The first kappa shape index (κ1) is 11.5. The minimum absolute atomic E-state index is 0.108. The van der Waals surface area contributed by atoms with Crippen LogP contribution in [0.3, 0.4) is 0 Å². The van der Waals surface area contributed by atoms with Crippen LogP contribution in [-0.4, -0.2) is 25.0 Å². The number of alkyl halides is 1. The summed E-state index contributed by atoms with van der Waals surface area (Å²) in [6, 6.07) is 0.108. The predicted molar refractivity (Wildman–Crippen MR) is 57.6 cm³/mol. The molecule has 1 fully saturated rings. The fourth-order valence-electron chi connectivity index (χ4n) is 1.61. The molecule has 0 amide bonds. The molecule has 0 aromatic carbocycles. The molecule has 0 aromatic rings. The molecule has 0 saturated heterocycles. The lowest BCUT2D eigenvalue weighted by Crippen LogP contribution is -2.38. The summed E-state index contributed by atoms with van der Waals surface area (Å²) in [7, 11) is -3.03. The highest BCUT2D eigenvalue weighted by atomic mass is 79.9. The molecule has 5 heteroatoms. The van der Waals surface area contributed by atoms with Gasteiger partial charge in [-0.2, -0.15) is 0 Å². The number of hydrogen-bond acceptors (Lipinski definition) is 2. The highest BCUT2D eigenvalue weighted by Crippen LogP contribution is 2.26. The van der Waals surface area contributed by atoms with Crippen LogP contribution in [0.2, 0.25) is 0 Å². The van der Waals surface area contributed by atoms with E-state index in [0.717, 1.165) is 19.3 Å². The summed E-state index contributed by atoms with van der Waals surface area (Å²) in [5, 5.41) is 0. The number of hydrogen-bond donors (Lipinski definition) is 1. The normalized spacial score (nSPS) is 29.4. The van der Waals surface area contributed by atoms with Crippen molar-refractivity contribution in [1.82, 2.24) is 4.72 Å². The maximum atomic E-state index is 11.4. The van der Waals surface area contributed by atoms with Crippen molar-refractivity contribution >= 4 is 26.0 Å². The summed E-state index contributed by atoms with van der Waals surface area (Å²) in [6.45, 7) is 1.87. The summed E-state index contributed by atoms with van der Waals surface area (Å²) in [4.78, 5) is 0.319. The smallest absolute Gasteiger partial charge is 0.211 e. The fraction of sp³-hybridized carbons (Fsp3) is 1.00. The molecule has 1 saturated carbocycles. The van der Waals surface area contributed by atoms with Gasteiger partial charge in [-0.25, -0.2) is 13.1 Å². The second kappa shape index (κ2) is 4.75. The van der Waals surface area contributed by atoms with E-state index in [1.54, 1.807) is 0 Å². The number of halogens is 1. The van der Waals surface area contributed by atoms with Crippen molar-refractivity contribution in [3.8, 4) is 0 Å². The van der Waals surface area contributed by atoms with Crippen molar-refractivity contribution in [1.29, 1.82) is 0 Å². The maximum Gasteiger partial charge on any atom is 0.211 e. The third-order valence-electron chi connectivity index (χ3n) is 2.24. The molecule has 2 atom stereocenters. The van der Waals surface area contributed by atoms with E-state index in [4.69, 9.17) is 0 Å². The zero-order valence-electron chi connectivity index (χ0n) is 7.79. The SMILES string of the molecule is CCCS(=O)(=O)NC1CCCC1Br. The van der Waals surface area contributed by atoms with Gasteiger partial charge < -0.3 is 0 Å². The Hall–Kier alpha value is 0.390. The van der Waals surface area contributed by atoms with Crippen molar-refractivity contribution in [2.75, 3.05) is 5.75 Å². The van der Waals surface area contributed by atoms with Gasteiger partial charge in [0.15, 0.2) is 0 Å². The largest absolute Gasteiger partial charge is 0.212 e. The van der Waals surface area contributed by atoms with Crippen LogP contribution in [0.25, 0.3) is 0 Å². The zero-order chi connectivity index (χ0) is 9.90. The number of nitrogens with one attached hydrogen (secondary N) is 1. The monoisotopic (exact) mass is 269 g/mol. The van der Waals surface area contributed by atoms with E-state index < -0.39 is 10.0 Å². The predicted octanol–water partition coefficient (Wildman–Crippen LogP) is 1.63. The van der Waals surface area contributed by atoms with Crippen LogP contribution in [0.1, 0.15) is 32.6 Å². The molecule has 13 heavy (non-hydrogen) atoms. The van der Waals surface area contributed by atoms with E-state index in [-0.39, 0.29) is 11.8 Å². The molecule has 3 nitrogen and oxygen atoms in total. The van der Waals surface area contributed by atoms with Crippen molar-refractivity contribution in [2.24, 2.45) is 0 Å². The molecule has 0 bridgehead atoms. The van der Waals surface area contributed by atoms with Crippen LogP contribution in [0.15, 0.2) is 0 Å². The van der Waals surface area contributed by atoms with Gasteiger partial charge in [0.05, 0.1) is 5.75 Å². The Morgan fingerprint density at radius 3 is 2.62 bits per heavy atom. The Kier molecular flexibility index (Phi) is 4.19. The topological polar surface area (TPSA) is 46.2 Å². The molecule has 1 rings (SSSR count). The van der Waals surface area contributed by atoms with E-state index in [2.05, 4.69) is 20.7 Å². The van der Waals surface area contributed by atoms with Gasteiger partial charge in [0.2, 0.25) is 10.0 Å². The van der Waals surface area contributed by atoms with Crippen molar-refractivity contribution in [3.05, 3.63) is 0 Å². The molecule has 0 heterocycles. The van der Waals surface area contributed by atoms with Gasteiger partial charge in [-0.1, -0.05) is 29.3 Å². The third-order valence-corrected chi connectivity index (χ3v) is 4.94. The maximum absolute atomic E-state index is 11.4. The Balaban J connectivity index is 2.47. The Labute approximate surface area is 88.5 Å². The molecule has 1 N–H and O–H groups in total. The lowest BCUT2D eigenvalue weighted by molar-refractivity contribution is 0.555. The van der Waals surface area contributed by atoms with Gasteiger partial charge in [-0.05, 0) is 19.3 Å². The summed E-state index contributed by atoms with van der Waals surface area (Å²) in [6.07, 6.45) is 3.81. The van der Waals surface area contributed by atoms with Gasteiger partial charge in [0.1, 0.15) is 0 Å². The third kappa shape index (κ3) is 3.56. The molecule has 0 aromatic heterocycles. The minimum atomic E-state index is -3.03. The first-order valence-corrected chi connectivity index (χ1v) is 7.26. The molecule has 1 aliphatic carbocycles. The Morgan fingerprint density at radius 2 is 2.15 bits per heavy atom. The molecular formula is C8H16BrNO2S. The van der Waals surface area contributed by atoms with Gasteiger partial charge in [0, 0.05) is 10.9 Å². The van der Waals surface area contributed by atoms with E-state index in [1.165, 1.54) is 0 Å². The number of sulfonamides is 1. The van der Waals surface area contributed by atoms with Crippen molar-refractivity contribution < 1.29 is 8.42 Å². The molecule has 1 aliphatic rings. The van der Waals surface area contributed by atoms with Crippen molar-refractivity contribution in [3.63, 3.8) is 0 Å². The van der Waals surface area contributed by atoms with Crippen LogP contribution in [-0.2, 0) is 10.0 Å². The summed E-state index contributed by atoms with van der Waals surface area (Å²) >= 11 is 3.48. The highest BCUT2D eigenvalue weighted by molar-refractivity contribution is 9.09. The molecule has 78 valence electrons. The average Bonchev–Trinajstić information content (AvgIpc) is 2.35. The van der Waals surface area contributed by atoms with E-state index in [1.807, 2.05) is 6.92 Å². The van der Waals surface area contributed by atoms with Crippen LogP contribution in [0, 0.1) is 0 Å². The quantitative estimate of drug-likeness (QED) is 0.789. The standard InChI is InChI=1S/C8H16BrNO2S/c1-2-6-13(11,12)10-8-5-3-4-7(8)9/h7-8,10H,2-6H2,1H3. The van der Waals surface area contributed by atoms with Gasteiger partial charge in [0.25, 0.3) is 0 Å². The molecule has 0 aliphatic heterocycles. The second-order valence-electron chi connectivity index (χ2n) is 3.49. The van der Waals surface area contributed by atoms with Crippen molar-refractivity contribution in [2.45, 2.75) is 43.5 Å². The zero-order valence-corrected chi connectivity index (χ0v) is 10.2. The van der Waals surface area contributed by atoms with E-state index in [9.17, 15) is 8.42 Å². The first-order chi connectivity index (χ1) is 6.05. The van der Waals surface area contributed by atoms with Crippen LogP contribution >= 0.6 is 15.9 Å². The van der Waals surface area contributed by atoms with E-state index in [0.29, 0.717) is 11.2 Å². The minimum Gasteiger partial charge on any atom is -0.212 e. The molecule has 0 radical (unpaired) electrons. The summed E-state index contributed by atoms with van der Waals surface area (Å²) in [5.41, 5.74) is 0. The first-order valence-electron chi connectivity index (χ1n) is 4.69. The van der Waals surface area contributed by atoms with Crippen LogP contribution in [0.4, 0.5) is 0 Å². The Morgan fingerprint density at radius 1 is 1.46 bits per heavy atom. The second-order valence-corrected chi connectivity index (χ2v) is 6.54. The summed E-state index contributed by atoms with van der Waals surface area (Å²) in [5.74, 6) is 0.239. The highest BCUT2D eigenvalue weighted by Gasteiger charge is 2.28. The molecule has 0 spiro atoms. The average molecular weight is 270 g/mol. The lowest BCUT2D eigenvalue weighted by Gasteiger charge is -2.15. The number of rotatable bonds is 4. The van der Waals surface area contributed by atoms with Crippen LogP contribution in [0.5, 0.6) is 0 Å². The van der Waals surface area contributed by atoms with Gasteiger partial charge in [-0.3, -0.25) is 0 Å². The Bertz CT molecular complexity index is 253. The lowest BCUT2D eigenvalue weighted by atomic mass is 10.3. The summed E-state index contributed by atoms with van der Waals surface area (Å²) < 4.78 is 25.5. The van der Waals surface area contributed by atoms with Gasteiger partial charge >= 0.3 is 0 Å². The van der Waals surface area contributed by atoms with Gasteiger partial charge in [-0.15, -0.1) is 0 Å².